The van der Waals surface area contributed by atoms with Gasteiger partial charge in [0, 0.05) is 36.2 Å². The second kappa shape index (κ2) is 10.5. The number of aromatic nitrogens is 2. The second-order valence-electron chi connectivity index (χ2n) is 11.3. The lowest BCUT2D eigenvalue weighted by Crippen LogP contribution is -2.64. The molecule has 0 fully saturated rings. The largest absolute Gasteiger partial charge is 0.437 e. The average Bonchev–Trinajstić information content (AvgIpc) is 3.46. The van der Waals surface area contributed by atoms with Gasteiger partial charge >= 0.3 is 0 Å². The topological polar surface area (TPSA) is 29.9 Å². The summed E-state index contributed by atoms with van der Waals surface area (Å²) in [5.41, 5.74) is 4.48. The van der Waals surface area contributed by atoms with Crippen LogP contribution in [-0.2, 0) is 7.05 Å². The summed E-state index contributed by atoms with van der Waals surface area (Å²) in [7, 11) is -0.533. The molecule has 3 nitrogen and oxygen atoms in total. The second-order valence-corrected chi connectivity index (χ2v) is 15.3. The molecular formula is C39H35N2OSi+. The Morgan fingerprint density at radius 3 is 1.98 bits per heavy atom. The first-order valence-electron chi connectivity index (χ1n) is 17.4. The number of rotatable bonds is 5. The molecule has 0 spiro atoms. The first-order valence-corrected chi connectivity index (χ1v) is 16.9. The van der Waals surface area contributed by atoms with Gasteiger partial charge in [-0.2, -0.15) is 0 Å². The Bertz CT molecular complexity index is 2290. The van der Waals surface area contributed by atoms with Crippen LogP contribution >= 0.6 is 0 Å². The average molecular weight is 582 g/mol. The molecule has 3 heterocycles. The highest BCUT2D eigenvalue weighted by Crippen LogP contribution is 2.37. The summed E-state index contributed by atoms with van der Waals surface area (Å²) < 4.78 is 56.4. The number of furan rings is 1. The Kier molecular flexibility index (Phi) is 5.11. The number of aryl methyl sites for hydroxylation is 4. The molecule has 0 aliphatic heterocycles. The maximum Gasteiger partial charge on any atom is 0.227 e. The maximum absolute atomic E-state index is 8.11. The summed E-state index contributed by atoms with van der Waals surface area (Å²) in [4.78, 5) is 4.95. The molecule has 0 aliphatic carbocycles. The Hall–Kier alpha value is -4.80. The minimum Gasteiger partial charge on any atom is -0.437 e. The van der Waals surface area contributed by atoms with Crippen LogP contribution < -0.4 is 20.1 Å². The summed E-state index contributed by atoms with van der Waals surface area (Å²) in [5.74, 6) is 0. The molecule has 0 N–H and O–H groups in total. The van der Waals surface area contributed by atoms with E-state index in [2.05, 4.69) is 91.5 Å². The molecule has 3 aromatic heterocycles. The molecule has 4 aromatic carbocycles. The highest BCUT2D eigenvalue weighted by atomic mass is 28.3. The van der Waals surface area contributed by atoms with E-state index in [1.165, 1.54) is 27.8 Å². The molecule has 7 rings (SSSR count). The van der Waals surface area contributed by atoms with E-state index in [4.69, 9.17) is 17.6 Å². The summed E-state index contributed by atoms with van der Waals surface area (Å²) in [6.45, 7) is -0.876. The van der Waals surface area contributed by atoms with Crippen molar-refractivity contribution in [2.45, 2.75) is 27.2 Å². The quantitative estimate of drug-likeness (QED) is 0.123. The summed E-state index contributed by atoms with van der Waals surface area (Å²) in [6, 6.07) is 39.6. The number of nitrogens with zero attached hydrogens (tertiary/aromatic N) is 2. The lowest BCUT2D eigenvalue weighted by molar-refractivity contribution is -0.660. The monoisotopic (exact) mass is 581 g/mol. The van der Waals surface area contributed by atoms with Crippen molar-refractivity contribution < 1.29 is 17.2 Å². The van der Waals surface area contributed by atoms with Crippen LogP contribution in [0.25, 0.3) is 44.6 Å². The van der Waals surface area contributed by atoms with Gasteiger partial charge in [0.15, 0.2) is 11.8 Å². The minimum atomic E-state index is -2.61. The van der Waals surface area contributed by atoms with Gasteiger partial charge in [-0.25, -0.2) is 9.55 Å². The van der Waals surface area contributed by atoms with Gasteiger partial charge in [-0.3, -0.25) is 0 Å². The summed E-state index contributed by atoms with van der Waals surface area (Å²) >= 11 is 0. The van der Waals surface area contributed by atoms with E-state index >= 15 is 0 Å². The van der Waals surface area contributed by atoms with Crippen LogP contribution in [0.2, 0.25) is 6.55 Å². The number of hydrogen-bond donors (Lipinski definition) is 0. The molecular weight excluding hydrogens is 541 g/mol. The van der Waals surface area contributed by atoms with Crippen molar-refractivity contribution in [2.24, 2.45) is 7.05 Å². The van der Waals surface area contributed by atoms with Gasteiger partial charge in [-0.05, 0) is 59.4 Å². The number of hydrogen-bond acceptors (Lipinski definition) is 2. The maximum atomic E-state index is 8.11. The van der Waals surface area contributed by atoms with Crippen LogP contribution in [-0.4, -0.2) is 13.1 Å². The number of pyridine rings is 2. The highest BCUT2D eigenvalue weighted by Gasteiger charge is 2.33. The van der Waals surface area contributed by atoms with Gasteiger partial charge in [-0.15, -0.1) is 0 Å². The predicted octanol–water partition coefficient (Wildman–Crippen LogP) is 7.16. The third kappa shape index (κ3) is 4.50. The molecule has 0 atom stereocenters. The third-order valence-electron chi connectivity index (χ3n) is 8.71. The molecule has 0 bridgehead atoms. The fourth-order valence-corrected chi connectivity index (χ4v) is 9.76. The SMILES string of the molecule is [2H]C([2H])([2H])c1cc(-c2c(C)ccc3c2oc2nc(-c4ccc([Si](C)(c5ccccc5)c5ccccc5)cc4)ccc23)[n+](C)cc1C([2H])([2H])[2H]. The molecule has 0 aliphatic rings. The molecule has 0 radical (unpaired) electrons. The van der Waals surface area contributed by atoms with E-state index in [0.29, 0.717) is 22.6 Å². The van der Waals surface area contributed by atoms with Gasteiger partial charge in [0.25, 0.3) is 0 Å². The minimum absolute atomic E-state index is 0.193. The third-order valence-corrected chi connectivity index (χ3v) is 13.2. The molecule has 0 unspecified atom stereocenters. The van der Waals surface area contributed by atoms with E-state index in [1.807, 2.05) is 31.2 Å². The molecule has 0 amide bonds. The number of benzene rings is 4. The van der Waals surface area contributed by atoms with Crippen LogP contribution in [0.15, 0.2) is 126 Å². The predicted molar refractivity (Wildman–Crippen MR) is 181 cm³/mol. The van der Waals surface area contributed by atoms with Crippen molar-refractivity contribution in [3.63, 3.8) is 0 Å². The van der Waals surface area contributed by atoms with Gasteiger partial charge in [-0.1, -0.05) is 104 Å². The molecule has 43 heavy (non-hydrogen) atoms. The lowest BCUT2D eigenvalue weighted by Gasteiger charge is -2.29. The van der Waals surface area contributed by atoms with Crippen LogP contribution in [0, 0.1) is 20.6 Å². The first-order chi connectivity index (χ1) is 23.3. The van der Waals surface area contributed by atoms with E-state index in [1.54, 1.807) is 11.6 Å². The van der Waals surface area contributed by atoms with Crippen LogP contribution in [0.5, 0.6) is 0 Å². The van der Waals surface area contributed by atoms with Crippen LogP contribution in [0.3, 0.4) is 0 Å². The van der Waals surface area contributed by atoms with Gasteiger partial charge in [0.2, 0.25) is 11.4 Å². The van der Waals surface area contributed by atoms with Crippen molar-refractivity contribution in [3.05, 3.63) is 138 Å². The molecule has 210 valence electrons. The fourth-order valence-electron chi connectivity index (χ4n) is 6.21. The zero-order chi connectivity index (χ0) is 34.7. The smallest absolute Gasteiger partial charge is 0.227 e. The summed E-state index contributed by atoms with van der Waals surface area (Å²) in [6.07, 6.45) is 1.40. The van der Waals surface area contributed by atoms with E-state index < -0.39 is 21.8 Å². The Morgan fingerprint density at radius 2 is 1.33 bits per heavy atom. The van der Waals surface area contributed by atoms with Gasteiger partial charge in [0.05, 0.1) is 11.3 Å². The Labute approximate surface area is 262 Å². The Morgan fingerprint density at radius 1 is 0.698 bits per heavy atom. The van der Waals surface area contributed by atoms with E-state index in [-0.39, 0.29) is 11.1 Å². The normalized spacial score (nSPS) is 14.5. The van der Waals surface area contributed by atoms with Crippen molar-refractivity contribution in [1.29, 1.82) is 0 Å². The summed E-state index contributed by atoms with van der Waals surface area (Å²) in [5, 5.41) is 5.66. The number of fused-ring (bicyclic) bond motifs is 3. The molecule has 7 aromatic rings. The Balaban J connectivity index is 1.33. The zero-order valence-electron chi connectivity index (χ0n) is 30.3. The van der Waals surface area contributed by atoms with E-state index in [9.17, 15) is 0 Å². The fraction of sp³-hybridized carbons (Fsp3) is 0.128. The van der Waals surface area contributed by atoms with Gasteiger partial charge in [0.1, 0.15) is 15.1 Å². The molecule has 0 saturated heterocycles. The first kappa shape index (κ1) is 21.0. The molecule has 0 saturated carbocycles. The van der Waals surface area contributed by atoms with Crippen molar-refractivity contribution in [1.82, 2.24) is 4.98 Å². The molecule has 4 heteroatoms. The standard InChI is InChI=1S/C39H35N2OSi/c1-26-16-21-33-34-22-23-35(40-39(34)42-38(33)37(26)36-24-27(2)28(3)25-41(36)4)29-17-19-32(20-18-29)43(5,30-12-8-6-9-13-30)31-14-10-7-11-15-31/h6-25H,1-5H3/q+1/i2D3,3D3. The van der Waals surface area contributed by atoms with Gasteiger partial charge < -0.3 is 4.42 Å². The van der Waals surface area contributed by atoms with Crippen LogP contribution in [0.4, 0.5) is 0 Å². The van der Waals surface area contributed by atoms with E-state index in [0.717, 1.165) is 27.6 Å². The van der Waals surface area contributed by atoms with Crippen molar-refractivity contribution in [3.8, 4) is 22.5 Å². The van der Waals surface area contributed by atoms with Crippen molar-refractivity contribution >= 4 is 45.7 Å². The van der Waals surface area contributed by atoms with Crippen LogP contribution in [0.1, 0.15) is 24.9 Å². The zero-order valence-corrected chi connectivity index (χ0v) is 25.3. The highest BCUT2D eigenvalue weighted by molar-refractivity contribution is 7.10. The van der Waals surface area contributed by atoms with Crippen molar-refractivity contribution in [2.75, 3.05) is 0 Å². The lowest BCUT2D eigenvalue weighted by atomic mass is 9.99.